The average molecular weight is 278 g/mol. The van der Waals surface area contributed by atoms with Crippen molar-refractivity contribution < 1.29 is 27.1 Å². The Kier molecular flexibility index (Phi) is 5.72. The summed E-state index contributed by atoms with van der Waals surface area (Å²) in [6, 6.07) is 4.48. The molecule has 0 aliphatic heterocycles. The van der Waals surface area contributed by atoms with Crippen LogP contribution in [0.3, 0.4) is 0 Å². The molecule has 0 saturated heterocycles. The van der Waals surface area contributed by atoms with Crippen LogP contribution in [0.4, 0.5) is 0 Å². The van der Waals surface area contributed by atoms with Crippen molar-refractivity contribution in [1.82, 2.24) is 6.15 Å². The van der Waals surface area contributed by atoms with E-state index >= 15 is 0 Å². The first kappa shape index (κ1) is 16.3. The third-order valence-corrected chi connectivity index (χ3v) is 2.30. The van der Waals surface area contributed by atoms with Gasteiger partial charge >= 0.3 is 16.4 Å². The third-order valence-electron chi connectivity index (χ3n) is 1.90. The molecule has 18 heavy (non-hydrogen) atoms. The predicted octanol–water partition coefficient (Wildman–Crippen LogP) is -0.0154. The zero-order valence-corrected chi connectivity index (χ0v) is 10.1. The van der Waals surface area contributed by atoms with Crippen molar-refractivity contribution in [3.05, 3.63) is 29.8 Å². The number of carboxylic acid groups (broad SMARTS) is 1. The summed E-state index contributed by atoms with van der Waals surface area (Å²) < 4.78 is 33.4. The molecule has 102 valence electrons. The molecule has 0 amide bonds. The molecule has 0 aromatic heterocycles. The molecule has 0 aliphatic carbocycles. The predicted molar refractivity (Wildman–Crippen MR) is 63.0 cm³/mol. The van der Waals surface area contributed by atoms with Gasteiger partial charge in [0.1, 0.15) is 11.8 Å². The SMILES string of the molecule is N.NC(Cc1ccc(OS(=O)(=O)O)cc1)C(=O)O. The van der Waals surface area contributed by atoms with E-state index in [1.165, 1.54) is 24.3 Å². The van der Waals surface area contributed by atoms with Gasteiger partial charge in [-0.2, -0.15) is 8.42 Å². The van der Waals surface area contributed by atoms with Gasteiger partial charge < -0.3 is 21.2 Å². The van der Waals surface area contributed by atoms with Crippen LogP contribution in [-0.2, 0) is 21.6 Å². The minimum Gasteiger partial charge on any atom is -0.480 e. The largest absolute Gasteiger partial charge is 0.480 e. The minimum absolute atomic E-state index is 0. The van der Waals surface area contributed by atoms with Crippen LogP contribution in [0.15, 0.2) is 24.3 Å². The van der Waals surface area contributed by atoms with Crippen LogP contribution < -0.4 is 16.1 Å². The van der Waals surface area contributed by atoms with Crippen molar-refractivity contribution in [2.24, 2.45) is 5.73 Å². The molecule has 7 N–H and O–H groups in total. The molecule has 0 fully saturated rings. The Morgan fingerprint density at radius 2 is 1.83 bits per heavy atom. The van der Waals surface area contributed by atoms with Gasteiger partial charge in [-0.15, -0.1) is 0 Å². The second-order valence-corrected chi connectivity index (χ2v) is 4.33. The number of carbonyl (C=O) groups is 1. The second-order valence-electron chi connectivity index (χ2n) is 3.30. The fraction of sp³-hybridized carbons (Fsp3) is 0.222. The van der Waals surface area contributed by atoms with Crippen LogP contribution in [0.1, 0.15) is 5.56 Å². The number of hydrogen-bond acceptors (Lipinski definition) is 6. The molecule has 1 rings (SSSR count). The fourth-order valence-electron chi connectivity index (χ4n) is 1.14. The van der Waals surface area contributed by atoms with E-state index in [0.29, 0.717) is 5.56 Å². The molecule has 1 unspecified atom stereocenters. The van der Waals surface area contributed by atoms with E-state index in [1.54, 1.807) is 0 Å². The Morgan fingerprint density at radius 3 is 2.22 bits per heavy atom. The van der Waals surface area contributed by atoms with Crippen molar-refractivity contribution >= 4 is 16.4 Å². The highest BCUT2D eigenvalue weighted by Gasteiger charge is 2.12. The van der Waals surface area contributed by atoms with Gasteiger partial charge in [0.25, 0.3) is 0 Å². The number of nitrogens with two attached hydrogens (primary N) is 1. The molecule has 1 aromatic rings. The molecular weight excluding hydrogens is 264 g/mol. The lowest BCUT2D eigenvalue weighted by atomic mass is 10.1. The summed E-state index contributed by atoms with van der Waals surface area (Å²) in [6.07, 6.45) is 0.113. The molecule has 0 bridgehead atoms. The van der Waals surface area contributed by atoms with Crippen molar-refractivity contribution in [3.8, 4) is 5.75 Å². The van der Waals surface area contributed by atoms with E-state index < -0.39 is 22.4 Å². The van der Waals surface area contributed by atoms with Crippen LogP contribution in [0.2, 0.25) is 0 Å². The van der Waals surface area contributed by atoms with Gasteiger partial charge in [0.15, 0.2) is 0 Å². The zero-order chi connectivity index (χ0) is 13.1. The van der Waals surface area contributed by atoms with E-state index in [1.807, 2.05) is 0 Å². The Morgan fingerprint density at radius 1 is 1.33 bits per heavy atom. The molecule has 1 aromatic carbocycles. The van der Waals surface area contributed by atoms with Crippen LogP contribution in [0.5, 0.6) is 5.75 Å². The van der Waals surface area contributed by atoms with E-state index in [2.05, 4.69) is 4.18 Å². The highest BCUT2D eigenvalue weighted by Crippen LogP contribution is 2.14. The molecule has 8 nitrogen and oxygen atoms in total. The molecule has 0 spiro atoms. The molecule has 0 radical (unpaired) electrons. The van der Waals surface area contributed by atoms with Gasteiger partial charge in [-0.3, -0.25) is 9.35 Å². The lowest BCUT2D eigenvalue weighted by Gasteiger charge is -2.07. The summed E-state index contributed by atoms with van der Waals surface area (Å²) in [5, 5.41) is 8.59. The first-order valence-corrected chi connectivity index (χ1v) is 5.88. The second kappa shape index (κ2) is 6.31. The monoisotopic (exact) mass is 278 g/mol. The van der Waals surface area contributed by atoms with E-state index in [0.717, 1.165) is 0 Å². The van der Waals surface area contributed by atoms with E-state index in [4.69, 9.17) is 15.4 Å². The number of rotatable bonds is 5. The standard InChI is InChI=1S/C9H11NO6S.H3N/c10-8(9(11)12)5-6-1-3-7(4-2-6)16-17(13,14)15;/h1-4,8H,5,10H2,(H,11,12)(H,13,14,15);1H3. The highest BCUT2D eigenvalue weighted by atomic mass is 32.3. The maximum Gasteiger partial charge on any atom is 0.446 e. The molecular formula is C9H14N2O6S. The van der Waals surface area contributed by atoms with Gasteiger partial charge in [0, 0.05) is 0 Å². The molecule has 9 heteroatoms. The summed E-state index contributed by atoms with van der Waals surface area (Å²) in [5.74, 6) is -1.19. The van der Waals surface area contributed by atoms with Crippen LogP contribution in [-0.4, -0.2) is 30.1 Å². The Bertz CT molecular complexity index is 498. The topological polar surface area (TPSA) is 162 Å². The average Bonchev–Trinajstić information content (AvgIpc) is 2.18. The summed E-state index contributed by atoms with van der Waals surface area (Å²) in [6.45, 7) is 0. The first-order valence-electron chi connectivity index (χ1n) is 4.52. The summed E-state index contributed by atoms with van der Waals surface area (Å²) in [4.78, 5) is 10.5. The fourth-order valence-corrected chi connectivity index (χ4v) is 1.50. The van der Waals surface area contributed by atoms with E-state index in [-0.39, 0.29) is 18.3 Å². The highest BCUT2D eigenvalue weighted by molar-refractivity contribution is 7.81. The van der Waals surface area contributed by atoms with Crippen molar-refractivity contribution in [2.45, 2.75) is 12.5 Å². The first-order chi connectivity index (χ1) is 7.78. The quantitative estimate of drug-likeness (QED) is 0.546. The number of benzene rings is 1. The smallest absolute Gasteiger partial charge is 0.446 e. The Labute approximate surface area is 104 Å². The van der Waals surface area contributed by atoms with Gasteiger partial charge in [-0.1, -0.05) is 12.1 Å². The Balaban J connectivity index is 0.00000289. The zero-order valence-electron chi connectivity index (χ0n) is 9.31. The van der Waals surface area contributed by atoms with Gasteiger partial charge in [-0.05, 0) is 24.1 Å². The molecule has 0 aliphatic rings. The lowest BCUT2D eigenvalue weighted by Crippen LogP contribution is -2.32. The third kappa shape index (κ3) is 5.59. The number of aliphatic carboxylic acids is 1. The Hall–Kier alpha value is -1.68. The summed E-state index contributed by atoms with van der Waals surface area (Å²) in [7, 11) is -4.55. The van der Waals surface area contributed by atoms with E-state index in [9.17, 15) is 13.2 Å². The molecule has 0 heterocycles. The van der Waals surface area contributed by atoms with Crippen molar-refractivity contribution in [2.75, 3.05) is 0 Å². The minimum atomic E-state index is -4.55. The summed E-state index contributed by atoms with van der Waals surface area (Å²) in [5.41, 5.74) is 5.94. The molecule has 0 saturated carbocycles. The van der Waals surface area contributed by atoms with Crippen LogP contribution >= 0.6 is 0 Å². The molecule has 1 atom stereocenters. The van der Waals surface area contributed by atoms with Crippen molar-refractivity contribution in [1.29, 1.82) is 0 Å². The number of carboxylic acids is 1. The lowest BCUT2D eigenvalue weighted by molar-refractivity contribution is -0.138. The normalized spacial score (nSPS) is 12.3. The number of hydrogen-bond donors (Lipinski definition) is 4. The van der Waals surface area contributed by atoms with Crippen LogP contribution in [0, 0.1) is 0 Å². The summed E-state index contributed by atoms with van der Waals surface area (Å²) >= 11 is 0. The maximum absolute atomic E-state index is 10.5. The van der Waals surface area contributed by atoms with Crippen LogP contribution in [0.25, 0.3) is 0 Å². The van der Waals surface area contributed by atoms with Crippen molar-refractivity contribution in [3.63, 3.8) is 0 Å². The maximum atomic E-state index is 10.5. The van der Waals surface area contributed by atoms with Gasteiger partial charge in [-0.25, -0.2) is 0 Å². The van der Waals surface area contributed by atoms with Gasteiger partial charge in [0.05, 0.1) is 0 Å². The van der Waals surface area contributed by atoms with Gasteiger partial charge in [0.2, 0.25) is 0 Å².